The molecule has 1 heterocycles. The number of nitrogens with zero attached hydrogens (tertiary/aromatic N) is 1. The Kier molecular flexibility index (Phi) is 7.27. The van der Waals surface area contributed by atoms with E-state index in [9.17, 15) is 9.59 Å². The second-order valence-corrected chi connectivity index (χ2v) is 9.45. The van der Waals surface area contributed by atoms with Crippen molar-refractivity contribution in [2.45, 2.75) is 34.1 Å². The van der Waals surface area contributed by atoms with E-state index in [1.165, 1.54) is 11.3 Å². The molecular formula is C28H27N3O3S. The maximum atomic E-state index is 12.9. The topological polar surface area (TPSA) is 80.3 Å². The lowest BCUT2D eigenvalue weighted by atomic mass is 10.1. The average Bonchev–Trinajstić information content (AvgIpc) is 3.16. The van der Waals surface area contributed by atoms with Gasteiger partial charge < -0.3 is 15.4 Å². The number of hydrogen-bond acceptors (Lipinski definition) is 5. The van der Waals surface area contributed by atoms with Crippen molar-refractivity contribution in [3.8, 4) is 11.5 Å². The van der Waals surface area contributed by atoms with E-state index in [1.807, 2.05) is 87.5 Å². The van der Waals surface area contributed by atoms with E-state index in [0.29, 0.717) is 21.5 Å². The molecule has 4 aromatic rings. The molecule has 35 heavy (non-hydrogen) atoms. The van der Waals surface area contributed by atoms with Gasteiger partial charge in [0, 0.05) is 5.69 Å². The van der Waals surface area contributed by atoms with Crippen LogP contribution in [-0.4, -0.2) is 16.8 Å². The number of aromatic nitrogens is 1. The summed E-state index contributed by atoms with van der Waals surface area (Å²) in [7, 11) is 0. The summed E-state index contributed by atoms with van der Waals surface area (Å²) in [6, 6.07) is 21.0. The fraction of sp³-hybridized carbons (Fsp3) is 0.179. The summed E-state index contributed by atoms with van der Waals surface area (Å²) in [6.07, 6.45) is 0.161. The van der Waals surface area contributed by atoms with E-state index in [0.717, 1.165) is 33.7 Å². The minimum absolute atomic E-state index is 0.161. The van der Waals surface area contributed by atoms with Crippen molar-refractivity contribution >= 4 is 34.0 Å². The largest absolute Gasteiger partial charge is 0.457 e. The van der Waals surface area contributed by atoms with Crippen LogP contribution in [0.15, 0.2) is 66.7 Å². The number of nitrogens with one attached hydrogen (secondary N) is 2. The first-order chi connectivity index (χ1) is 16.8. The number of para-hydroxylation sites is 1. The number of amides is 2. The third-order valence-corrected chi connectivity index (χ3v) is 6.48. The number of aryl methyl sites for hydroxylation is 4. The van der Waals surface area contributed by atoms with Gasteiger partial charge in [-0.2, -0.15) is 0 Å². The Hall–Kier alpha value is -3.97. The first kappa shape index (κ1) is 24.2. The van der Waals surface area contributed by atoms with Crippen molar-refractivity contribution in [1.29, 1.82) is 0 Å². The molecule has 4 rings (SSSR count). The van der Waals surface area contributed by atoms with Crippen molar-refractivity contribution < 1.29 is 14.3 Å². The van der Waals surface area contributed by atoms with Crippen molar-refractivity contribution in [1.82, 2.24) is 4.98 Å². The lowest BCUT2D eigenvalue weighted by Gasteiger charge is -2.12. The molecule has 6 nitrogen and oxygen atoms in total. The van der Waals surface area contributed by atoms with Crippen molar-refractivity contribution in [2.24, 2.45) is 0 Å². The summed E-state index contributed by atoms with van der Waals surface area (Å²) >= 11 is 1.17. The van der Waals surface area contributed by atoms with Gasteiger partial charge in [-0.25, -0.2) is 4.98 Å². The van der Waals surface area contributed by atoms with Gasteiger partial charge in [-0.1, -0.05) is 59.4 Å². The maximum Gasteiger partial charge on any atom is 0.267 e. The molecule has 0 atom stereocenters. The van der Waals surface area contributed by atoms with Gasteiger partial charge in [-0.05, 0) is 68.7 Å². The van der Waals surface area contributed by atoms with Crippen molar-refractivity contribution in [3.63, 3.8) is 0 Å². The summed E-state index contributed by atoms with van der Waals surface area (Å²) in [5, 5.41) is 6.21. The summed E-state index contributed by atoms with van der Waals surface area (Å²) in [6.45, 7) is 7.74. The second kappa shape index (κ2) is 10.5. The molecule has 0 fully saturated rings. The van der Waals surface area contributed by atoms with Gasteiger partial charge >= 0.3 is 0 Å². The molecule has 0 aliphatic heterocycles. The van der Waals surface area contributed by atoms with Crippen LogP contribution in [0.25, 0.3) is 0 Å². The predicted octanol–water partition coefficient (Wildman–Crippen LogP) is 6.60. The number of thiazole rings is 1. The second-order valence-electron chi connectivity index (χ2n) is 8.45. The van der Waals surface area contributed by atoms with Crippen LogP contribution in [0.2, 0.25) is 0 Å². The highest BCUT2D eigenvalue weighted by molar-refractivity contribution is 7.17. The van der Waals surface area contributed by atoms with Gasteiger partial charge in [0.25, 0.3) is 5.91 Å². The highest BCUT2D eigenvalue weighted by atomic mass is 32.1. The summed E-state index contributed by atoms with van der Waals surface area (Å²) in [5.41, 5.74) is 5.34. The zero-order valence-electron chi connectivity index (χ0n) is 20.1. The smallest absolute Gasteiger partial charge is 0.267 e. The minimum atomic E-state index is -0.235. The third kappa shape index (κ3) is 6.13. The van der Waals surface area contributed by atoms with E-state index in [1.54, 1.807) is 6.92 Å². The molecular weight excluding hydrogens is 458 g/mol. The Bertz CT molecular complexity index is 1360. The highest BCUT2D eigenvalue weighted by Crippen LogP contribution is 2.27. The average molecular weight is 486 g/mol. The molecule has 0 saturated carbocycles. The fourth-order valence-electron chi connectivity index (χ4n) is 3.90. The molecule has 2 N–H and O–H groups in total. The van der Waals surface area contributed by atoms with Crippen LogP contribution in [0, 0.1) is 27.7 Å². The molecule has 0 radical (unpaired) electrons. The van der Waals surface area contributed by atoms with Crippen molar-refractivity contribution in [3.05, 3.63) is 99.6 Å². The molecule has 0 spiro atoms. The van der Waals surface area contributed by atoms with Crippen LogP contribution in [0.5, 0.6) is 11.5 Å². The van der Waals surface area contributed by atoms with Crippen LogP contribution in [0.4, 0.5) is 10.8 Å². The standard InChI is InChI=1S/C28H27N3O3S/c1-17-13-18(2)25(19(3)14-17)31-27(33)26-20(4)29-28(35-26)30-24(32)16-21-9-8-12-23(15-21)34-22-10-6-5-7-11-22/h5-15H,16H2,1-4H3,(H,31,33)(H,29,30,32). The van der Waals surface area contributed by atoms with Crippen LogP contribution in [0.1, 0.15) is 37.6 Å². The summed E-state index contributed by atoms with van der Waals surface area (Å²) in [4.78, 5) is 30.5. The molecule has 178 valence electrons. The lowest BCUT2D eigenvalue weighted by Crippen LogP contribution is -2.14. The number of carbonyl (C=O) groups is 2. The van der Waals surface area contributed by atoms with E-state index >= 15 is 0 Å². The highest BCUT2D eigenvalue weighted by Gasteiger charge is 2.18. The Morgan fingerprint density at radius 1 is 0.857 bits per heavy atom. The Balaban J connectivity index is 1.40. The fourth-order valence-corrected chi connectivity index (χ4v) is 4.78. The monoisotopic (exact) mass is 485 g/mol. The molecule has 2 amide bonds. The summed E-state index contributed by atoms with van der Waals surface area (Å²) < 4.78 is 5.85. The van der Waals surface area contributed by atoms with Gasteiger partial charge in [0.2, 0.25) is 5.91 Å². The zero-order chi connectivity index (χ0) is 24.9. The molecule has 0 aliphatic carbocycles. The minimum Gasteiger partial charge on any atom is -0.457 e. The van der Waals surface area contributed by atoms with Crippen LogP contribution in [-0.2, 0) is 11.2 Å². The van der Waals surface area contributed by atoms with Crippen molar-refractivity contribution in [2.75, 3.05) is 10.6 Å². The van der Waals surface area contributed by atoms with Gasteiger partial charge in [-0.15, -0.1) is 0 Å². The SMILES string of the molecule is Cc1cc(C)c(NC(=O)c2sc(NC(=O)Cc3cccc(Oc4ccccc4)c3)nc2C)c(C)c1. The first-order valence-corrected chi connectivity index (χ1v) is 12.1. The van der Waals surface area contributed by atoms with Crippen LogP contribution < -0.4 is 15.4 Å². The first-order valence-electron chi connectivity index (χ1n) is 11.3. The number of benzene rings is 3. The van der Waals surface area contributed by atoms with Gasteiger partial charge in [0.15, 0.2) is 5.13 Å². The van der Waals surface area contributed by atoms with E-state index in [-0.39, 0.29) is 18.2 Å². The Morgan fingerprint density at radius 3 is 2.26 bits per heavy atom. The Labute approximate surface area is 209 Å². The number of carbonyl (C=O) groups excluding carboxylic acids is 2. The maximum absolute atomic E-state index is 12.9. The number of ether oxygens (including phenoxy) is 1. The lowest BCUT2D eigenvalue weighted by molar-refractivity contribution is -0.115. The normalized spacial score (nSPS) is 10.6. The number of anilines is 2. The van der Waals surface area contributed by atoms with E-state index < -0.39 is 0 Å². The third-order valence-electron chi connectivity index (χ3n) is 5.41. The molecule has 7 heteroatoms. The summed E-state index contributed by atoms with van der Waals surface area (Å²) in [5.74, 6) is 0.940. The van der Waals surface area contributed by atoms with Gasteiger partial charge in [0.05, 0.1) is 12.1 Å². The molecule has 0 saturated heterocycles. The quantitative estimate of drug-likeness (QED) is 0.309. The van der Waals surface area contributed by atoms with Gasteiger partial charge in [-0.3, -0.25) is 9.59 Å². The van der Waals surface area contributed by atoms with E-state index in [4.69, 9.17) is 4.74 Å². The van der Waals surface area contributed by atoms with Crippen LogP contribution in [0.3, 0.4) is 0 Å². The van der Waals surface area contributed by atoms with Crippen LogP contribution >= 0.6 is 11.3 Å². The molecule has 1 aromatic heterocycles. The molecule has 0 unspecified atom stereocenters. The molecule has 0 aliphatic rings. The number of hydrogen-bond donors (Lipinski definition) is 2. The van der Waals surface area contributed by atoms with E-state index in [2.05, 4.69) is 15.6 Å². The van der Waals surface area contributed by atoms with Gasteiger partial charge in [0.1, 0.15) is 16.4 Å². The molecule has 0 bridgehead atoms. The Morgan fingerprint density at radius 2 is 1.54 bits per heavy atom. The molecule has 3 aromatic carbocycles. The number of rotatable bonds is 7. The predicted molar refractivity (Wildman–Crippen MR) is 141 cm³/mol. The zero-order valence-corrected chi connectivity index (χ0v) is 21.0.